The summed E-state index contributed by atoms with van der Waals surface area (Å²) in [4.78, 5) is 4.50. The fourth-order valence-electron chi connectivity index (χ4n) is 1.95. The summed E-state index contributed by atoms with van der Waals surface area (Å²) < 4.78 is 19.8. The van der Waals surface area contributed by atoms with Gasteiger partial charge >= 0.3 is 0 Å². The van der Waals surface area contributed by atoms with E-state index in [-0.39, 0.29) is 0 Å². The first-order valence-electron chi connectivity index (χ1n) is 6.57. The number of aromatic nitrogens is 1. The smallest absolute Gasteiger partial charge is 0.279 e. The standard InChI is InChI=1S/C15H17BrNO2P/c1-3-13-10-12(16)11-15(17-13)20(18,19-4-2)14-8-6-5-7-9-14/h5-11H,3-4H2,1-2H3. The molecule has 0 amide bonds. The predicted molar refractivity (Wildman–Crippen MR) is 86.3 cm³/mol. The van der Waals surface area contributed by atoms with E-state index < -0.39 is 7.37 Å². The van der Waals surface area contributed by atoms with E-state index >= 15 is 0 Å². The largest absolute Gasteiger partial charge is 0.321 e. The molecule has 5 heteroatoms. The van der Waals surface area contributed by atoms with Crippen LogP contribution in [0.1, 0.15) is 19.5 Å². The van der Waals surface area contributed by atoms with Gasteiger partial charge in [-0.2, -0.15) is 0 Å². The summed E-state index contributed by atoms with van der Waals surface area (Å²) in [6.07, 6.45) is 0.785. The summed E-state index contributed by atoms with van der Waals surface area (Å²) in [5.74, 6) is 0. The molecule has 1 aromatic carbocycles. The van der Waals surface area contributed by atoms with Crippen molar-refractivity contribution in [3.63, 3.8) is 0 Å². The zero-order valence-electron chi connectivity index (χ0n) is 11.5. The first-order valence-corrected chi connectivity index (χ1v) is 8.99. The third-order valence-electron chi connectivity index (χ3n) is 2.90. The number of hydrogen-bond donors (Lipinski definition) is 0. The number of rotatable bonds is 5. The molecule has 0 aliphatic heterocycles. The SMILES string of the molecule is CCOP(=O)(c1ccccc1)c1cc(Br)cc(CC)n1. The number of aryl methyl sites for hydroxylation is 1. The van der Waals surface area contributed by atoms with Crippen LogP contribution in [0.5, 0.6) is 0 Å². The maximum atomic E-state index is 13.3. The molecule has 2 rings (SSSR count). The van der Waals surface area contributed by atoms with Gasteiger partial charge in [0.2, 0.25) is 0 Å². The summed E-state index contributed by atoms with van der Waals surface area (Å²) in [5, 5.41) is 0.675. The maximum absolute atomic E-state index is 13.3. The minimum absolute atomic E-state index is 0.377. The van der Waals surface area contributed by atoms with Crippen molar-refractivity contribution in [1.82, 2.24) is 4.98 Å². The highest BCUT2D eigenvalue weighted by Crippen LogP contribution is 2.44. The highest BCUT2D eigenvalue weighted by molar-refractivity contribution is 9.10. The highest BCUT2D eigenvalue weighted by atomic mass is 79.9. The van der Waals surface area contributed by atoms with Gasteiger partial charge in [0.05, 0.1) is 6.61 Å². The van der Waals surface area contributed by atoms with Crippen LogP contribution in [0.4, 0.5) is 0 Å². The van der Waals surface area contributed by atoms with Gasteiger partial charge in [0.1, 0.15) is 5.44 Å². The van der Waals surface area contributed by atoms with E-state index in [0.717, 1.165) is 16.6 Å². The van der Waals surface area contributed by atoms with Crippen LogP contribution in [0.2, 0.25) is 0 Å². The first kappa shape index (κ1) is 15.4. The molecular weight excluding hydrogens is 337 g/mol. The van der Waals surface area contributed by atoms with Gasteiger partial charge in [-0.25, -0.2) is 4.98 Å². The number of benzene rings is 1. The lowest BCUT2D eigenvalue weighted by Gasteiger charge is -2.18. The van der Waals surface area contributed by atoms with Gasteiger partial charge in [-0.05, 0) is 37.6 Å². The Balaban J connectivity index is 2.59. The lowest BCUT2D eigenvalue weighted by Crippen LogP contribution is -2.22. The molecule has 2 aromatic rings. The summed E-state index contributed by atoms with van der Waals surface area (Å²) in [5.41, 5.74) is 1.39. The fourth-order valence-corrected chi connectivity index (χ4v) is 4.65. The summed E-state index contributed by atoms with van der Waals surface area (Å²) >= 11 is 3.45. The second kappa shape index (κ2) is 6.66. The van der Waals surface area contributed by atoms with E-state index in [2.05, 4.69) is 20.9 Å². The van der Waals surface area contributed by atoms with E-state index in [0.29, 0.717) is 17.3 Å². The fraction of sp³-hybridized carbons (Fsp3) is 0.267. The molecule has 0 saturated carbocycles. The number of pyridine rings is 1. The molecular formula is C15H17BrNO2P. The van der Waals surface area contributed by atoms with Gasteiger partial charge in [-0.1, -0.05) is 41.1 Å². The van der Waals surface area contributed by atoms with Gasteiger partial charge < -0.3 is 4.52 Å². The van der Waals surface area contributed by atoms with Gasteiger partial charge in [-0.3, -0.25) is 4.57 Å². The molecule has 3 nitrogen and oxygen atoms in total. The third-order valence-corrected chi connectivity index (χ3v) is 5.79. The molecule has 0 radical (unpaired) electrons. The van der Waals surface area contributed by atoms with Gasteiger partial charge in [0, 0.05) is 15.5 Å². The molecule has 0 N–H and O–H groups in total. The average Bonchev–Trinajstić information content (AvgIpc) is 2.47. The minimum Gasteiger partial charge on any atom is -0.321 e. The topological polar surface area (TPSA) is 39.2 Å². The molecule has 0 bridgehead atoms. The van der Waals surface area contributed by atoms with Crippen LogP contribution in [0.25, 0.3) is 0 Å². The lowest BCUT2D eigenvalue weighted by molar-refractivity contribution is 0.347. The Labute approximate surface area is 128 Å². The lowest BCUT2D eigenvalue weighted by atomic mass is 10.3. The van der Waals surface area contributed by atoms with Crippen molar-refractivity contribution in [3.05, 3.63) is 52.6 Å². The molecule has 0 saturated heterocycles. The van der Waals surface area contributed by atoms with E-state index in [1.807, 2.05) is 50.2 Å². The molecule has 1 aromatic heterocycles. The Morgan fingerprint density at radius 3 is 2.50 bits per heavy atom. The molecule has 0 fully saturated rings. The van der Waals surface area contributed by atoms with Crippen LogP contribution in [0.15, 0.2) is 46.9 Å². The van der Waals surface area contributed by atoms with E-state index in [9.17, 15) is 4.57 Å². The minimum atomic E-state index is -3.13. The van der Waals surface area contributed by atoms with Crippen LogP contribution < -0.4 is 10.7 Å². The number of nitrogens with zero attached hydrogens (tertiary/aromatic N) is 1. The number of halogens is 1. The van der Waals surface area contributed by atoms with E-state index in [4.69, 9.17) is 4.52 Å². The van der Waals surface area contributed by atoms with Crippen LogP contribution >= 0.6 is 23.3 Å². The van der Waals surface area contributed by atoms with Crippen molar-refractivity contribution in [2.75, 3.05) is 6.61 Å². The summed E-state index contributed by atoms with van der Waals surface area (Å²) in [6, 6.07) is 13.0. The average molecular weight is 354 g/mol. The molecule has 20 heavy (non-hydrogen) atoms. The second-order valence-corrected chi connectivity index (χ2v) is 7.54. The van der Waals surface area contributed by atoms with Crippen molar-refractivity contribution >= 4 is 34.0 Å². The van der Waals surface area contributed by atoms with Crippen LogP contribution in [-0.2, 0) is 15.5 Å². The van der Waals surface area contributed by atoms with E-state index in [1.165, 1.54) is 0 Å². The first-order chi connectivity index (χ1) is 9.60. The third kappa shape index (κ3) is 3.20. The Kier molecular flexibility index (Phi) is 5.14. The molecule has 0 aliphatic carbocycles. The Hall–Kier alpha value is -0.960. The molecule has 106 valence electrons. The van der Waals surface area contributed by atoms with Crippen molar-refractivity contribution in [2.24, 2.45) is 0 Å². The zero-order valence-corrected chi connectivity index (χ0v) is 14.0. The molecule has 0 aliphatic rings. The Morgan fingerprint density at radius 2 is 1.90 bits per heavy atom. The molecule has 0 spiro atoms. The van der Waals surface area contributed by atoms with Gasteiger partial charge in [0.15, 0.2) is 0 Å². The summed E-state index contributed by atoms with van der Waals surface area (Å²) in [7, 11) is -3.13. The predicted octanol–water partition coefficient (Wildman–Crippen LogP) is 3.67. The van der Waals surface area contributed by atoms with Crippen LogP contribution in [0.3, 0.4) is 0 Å². The zero-order chi connectivity index (χ0) is 14.6. The van der Waals surface area contributed by atoms with Crippen molar-refractivity contribution in [2.45, 2.75) is 20.3 Å². The van der Waals surface area contributed by atoms with Crippen molar-refractivity contribution in [3.8, 4) is 0 Å². The van der Waals surface area contributed by atoms with Crippen molar-refractivity contribution < 1.29 is 9.09 Å². The molecule has 1 atom stereocenters. The molecule has 1 unspecified atom stereocenters. The molecule has 1 heterocycles. The van der Waals surface area contributed by atoms with E-state index in [1.54, 1.807) is 6.07 Å². The Morgan fingerprint density at radius 1 is 1.20 bits per heavy atom. The van der Waals surface area contributed by atoms with Gasteiger partial charge in [-0.15, -0.1) is 0 Å². The quantitative estimate of drug-likeness (QED) is 0.769. The summed E-state index contributed by atoms with van der Waals surface area (Å²) in [6.45, 7) is 4.24. The van der Waals surface area contributed by atoms with Crippen molar-refractivity contribution in [1.29, 1.82) is 0 Å². The Bertz CT molecular complexity index is 631. The highest BCUT2D eigenvalue weighted by Gasteiger charge is 2.30. The van der Waals surface area contributed by atoms with Crippen LogP contribution in [0, 0.1) is 0 Å². The van der Waals surface area contributed by atoms with Crippen LogP contribution in [-0.4, -0.2) is 11.6 Å². The maximum Gasteiger partial charge on any atom is 0.279 e. The second-order valence-electron chi connectivity index (χ2n) is 4.29. The monoisotopic (exact) mass is 353 g/mol. The normalized spacial score (nSPS) is 13.9. The van der Waals surface area contributed by atoms with Gasteiger partial charge in [0.25, 0.3) is 7.37 Å². The number of hydrogen-bond acceptors (Lipinski definition) is 3.